The molecule has 1 fully saturated rings. The summed E-state index contributed by atoms with van der Waals surface area (Å²) >= 11 is 0. The van der Waals surface area contributed by atoms with Crippen LogP contribution in [0.4, 0.5) is 0 Å². The second-order valence-corrected chi connectivity index (χ2v) is 6.30. The largest absolute Gasteiger partial charge is 0.345 e. The number of nitrogens with one attached hydrogen (secondary N) is 1. The number of amides is 2. The molecular formula is C13H24N2O2. The minimum absolute atomic E-state index is 0.0199. The van der Waals surface area contributed by atoms with Gasteiger partial charge in [0.25, 0.3) is 0 Å². The summed E-state index contributed by atoms with van der Waals surface area (Å²) < 4.78 is 0. The van der Waals surface area contributed by atoms with E-state index in [2.05, 4.69) is 26.1 Å². The summed E-state index contributed by atoms with van der Waals surface area (Å²) in [4.78, 5) is 25.4. The zero-order chi connectivity index (χ0) is 13.2. The third kappa shape index (κ3) is 3.72. The minimum atomic E-state index is -0.307. The molecule has 4 heteroatoms. The highest BCUT2D eigenvalue weighted by Crippen LogP contribution is 2.22. The Morgan fingerprint density at radius 3 is 2.41 bits per heavy atom. The maximum atomic E-state index is 11.9. The first-order valence-corrected chi connectivity index (χ1v) is 6.29. The Hall–Kier alpha value is -1.06. The van der Waals surface area contributed by atoms with Crippen LogP contribution in [0.1, 0.15) is 41.0 Å². The lowest BCUT2D eigenvalue weighted by Gasteiger charge is -2.38. The third-order valence-electron chi connectivity index (χ3n) is 3.07. The lowest BCUT2D eigenvalue weighted by Crippen LogP contribution is -2.60. The molecule has 0 bridgehead atoms. The van der Waals surface area contributed by atoms with Crippen molar-refractivity contribution in [1.82, 2.24) is 10.2 Å². The van der Waals surface area contributed by atoms with E-state index in [0.717, 1.165) is 6.42 Å². The van der Waals surface area contributed by atoms with E-state index in [1.165, 1.54) is 0 Å². The van der Waals surface area contributed by atoms with Gasteiger partial charge in [0.05, 0.1) is 6.54 Å². The van der Waals surface area contributed by atoms with Crippen LogP contribution in [-0.2, 0) is 9.59 Å². The van der Waals surface area contributed by atoms with Crippen LogP contribution in [-0.4, -0.2) is 35.8 Å². The lowest BCUT2D eigenvalue weighted by molar-refractivity contribution is -0.147. The van der Waals surface area contributed by atoms with Gasteiger partial charge in [0, 0.05) is 6.54 Å². The van der Waals surface area contributed by atoms with Crippen LogP contribution in [0.3, 0.4) is 0 Å². The van der Waals surface area contributed by atoms with Gasteiger partial charge in [-0.1, -0.05) is 34.6 Å². The molecule has 1 saturated heterocycles. The minimum Gasteiger partial charge on any atom is -0.345 e. The van der Waals surface area contributed by atoms with Crippen molar-refractivity contribution in [2.75, 3.05) is 13.1 Å². The maximum Gasteiger partial charge on any atom is 0.243 e. The molecule has 1 aliphatic heterocycles. The van der Waals surface area contributed by atoms with Crippen LogP contribution in [0, 0.1) is 11.3 Å². The molecule has 1 aliphatic rings. The van der Waals surface area contributed by atoms with Crippen LogP contribution in [0.25, 0.3) is 0 Å². The molecule has 0 aromatic carbocycles. The summed E-state index contributed by atoms with van der Waals surface area (Å²) in [5, 5.41) is 2.66. The SMILES string of the molecule is CC(C)C1C(=O)NCC(=O)N1CCC(C)(C)C. The fourth-order valence-electron chi connectivity index (χ4n) is 2.05. The summed E-state index contributed by atoms with van der Waals surface area (Å²) in [5.41, 5.74) is 0.176. The quantitative estimate of drug-likeness (QED) is 0.810. The van der Waals surface area contributed by atoms with Crippen molar-refractivity contribution in [2.24, 2.45) is 11.3 Å². The molecule has 0 saturated carbocycles. The predicted octanol–water partition coefficient (Wildman–Crippen LogP) is 1.41. The predicted molar refractivity (Wildman–Crippen MR) is 67.4 cm³/mol. The molecule has 1 atom stereocenters. The van der Waals surface area contributed by atoms with E-state index in [4.69, 9.17) is 0 Å². The van der Waals surface area contributed by atoms with Crippen LogP contribution in [0.15, 0.2) is 0 Å². The maximum absolute atomic E-state index is 11.9. The Kier molecular flexibility index (Phi) is 4.17. The van der Waals surface area contributed by atoms with Gasteiger partial charge in [-0.25, -0.2) is 0 Å². The standard InChI is InChI=1S/C13H24N2O2/c1-9(2)11-12(17)14-8-10(16)15(11)7-6-13(3,4)5/h9,11H,6-8H2,1-5H3,(H,14,17). The number of nitrogens with zero attached hydrogens (tertiary/aromatic N) is 1. The van der Waals surface area contributed by atoms with Crippen LogP contribution < -0.4 is 5.32 Å². The van der Waals surface area contributed by atoms with Crippen molar-refractivity contribution < 1.29 is 9.59 Å². The first kappa shape index (κ1) is 14.0. The van der Waals surface area contributed by atoms with Crippen LogP contribution in [0.5, 0.6) is 0 Å². The summed E-state index contributed by atoms with van der Waals surface area (Å²) in [5.74, 6) is 0.167. The number of carbonyl (C=O) groups excluding carboxylic acids is 2. The molecule has 1 heterocycles. The topological polar surface area (TPSA) is 49.4 Å². The summed E-state index contributed by atoms with van der Waals surface area (Å²) in [6.07, 6.45) is 0.912. The molecule has 0 aromatic heterocycles. The van der Waals surface area contributed by atoms with Crippen molar-refractivity contribution in [3.05, 3.63) is 0 Å². The zero-order valence-corrected chi connectivity index (χ0v) is 11.5. The second-order valence-electron chi connectivity index (χ2n) is 6.30. The molecular weight excluding hydrogens is 216 g/mol. The number of hydrogen-bond acceptors (Lipinski definition) is 2. The molecule has 0 radical (unpaired) electrons. The summed E-state index contributed by atoms with van der Waals surface area (Å²) in [6, 6.07) is -0.307. The summed E-state index contributed by atoms with van der Waals surface area (Å²) in [6.45, 7) is 11.2. The van der Waals surface area contributed by atoms with Gasteiger partial charge in [0.1, 0.15) is 6.04 Å². The highest BCUT2D eigenvalue weighted by atomic mass is 16.2. The molecule has 0 aliphatic carbocycles. The molecule has 2 amide bonds. The lowest BCUT2D eigenvalue weighted by atomic mass is 9.90. The molecule has 4 nitrogen and oxygen atoms in total. The van der Waals surface area contributed by atoms with E-state index in [1.54, 1.807) is 4.90 Å². The van der Waals surface area contributed by atoms with E-state index in [9.17, 15) is 9.59 Å². The summed E-state index contributed by atoms with van der Waals surface area (Å²) in [7, 11) is 0. The van der Waals surface area contributed by atoms with Gasteiger partial charge < -0.3 is 10.2 Å². The van der Waals surface area contributed by atoms with Gasteiger partial charge in [0.15, 0.2) is 0 Å². The average molecular weight is 240 g/mol. The Morgan fingerprint density at radius 1 is 1.35 bits per heavy atom. The number of carbonyl (C=O) groups is 2. The molecule has 1 unspecified atom stereocenters. The number of hydrogen-bond donors (Lipinski definition) is 1. The van der Waals surface area contributed by atoms with Crippen LogP contribution in [0.2, 0.25) is 0 Å². The van der Waals surface area contributed by atoms with Crippen molar-refractivity contribution in [3.8, 4) is 0 Å². The molecule has 17 heavy (non-hydrogen) atoms. The average Bonchev–Trinajstić information content (AvgIpc) is 2.17. The Labute approximate surface area is 104 Å². The van der Waals surface area contributed by atoms with E-state index in [1.807, 2.05) is 13.8 Å². The second kappa shape index (κ2) is 5.07. The van der Waals surface area contributed by atoms with Gasteiger partial charge in [-0.2, -0.15) is 0 Å². The van der Waals surface area contributed by atoms with Gasteiger partial charge in [0.2, 0.25) is 11.8 Å². The van der Waals surface area contributed by atoms with Gasteiger partial charge in [-0.05, 0) is 17.8 Å². The van der Waals surface area contributed by atoms with E-state index in [0.29, 0.717) is 6.54 Å². The van der Waals surface area contributed by atoms with E-state index >= 15 is 0 Å². The smallest absolute Gasteiger partial charge is 0.243 e. The van der Waals surface area contributed by atoms with Crippen molar-refractivity contribution in [3.63, 3.8) is 0 Å². The highest BCUT2D eigenvalue weighted by molar-refractivity contribution is 5.94. The Bertz CT molecular complexity index is 305. The van der Waals surface area contributed by atoms with E-state index < -0.39 is 0 Å². The fourth-order valence-corrected chi connectivity index (χ4v) is 2.05. The molecule has 98 valence electrons. The first-order valence-electron chi connectivity index (χ1n) is 6.29. The monoisotopic (exact) mass is 240 g/mol. The fraction of sp³-hybridized carbons (Fsp3) is 0.846. The van der Waals surface area contributed by atoms with Gasteiger partial charge in [-0.15, -0.1) is 0 Å². The Balaban J connectivity index is 2.75. The van der Waals surface area contributed by atoms with Gasteiger partial charge in [-0.3, -0.25) is 9.59 Å². The molecule has 0 spiro atoms. The van der Waals surface area contributed by atoms with Crippen molar-refractivity contribution in [2.45, 2.75) is 47.1 Å². The van der Waals surface area contributed by atoms with E-state index in [-0.39, 0.29) is 35.7 Å². The van der Waals surface area contributed by atoms with Crippen LogP contribution >= 0.6 is 0 Å². The van der Waals surface area contributed by atoms with Crippen molar-refractivity contribution >= 4 is 11.8 Å². The number of rotatable bonds is 3. The normalized spacial score (nSPS) is 22.0. The van der Waals surface area contributed by atoms with Crippen molar-refractivity contribution in [1.29, 1.82) is 0 Å². The molecule has 0 aromatic rings. The zero-order valence-electron chi connectivity index (χ0n) is 11.5. The highest BCUT2D eigenvalue weighted by Gasteiger charge is 2.36. The molecule has 1 N–H and O–H groups in total. The molecule has 1 rings (SSSR count). The third-order valence-corrected chi connectivity index (χ3v) is 3.07. The van der Waals surface area contributed by atoms with Gasteiger partial charge >= 0.3 is 0 Å². The Morgan fingerprint density at radius 2 is 1.94 bits per heavy atom. The first-order chi connectivity index (χ1) is 7.72. The number of piperazine rings is 1.